The molecular formula is C15H24N4O3. The SMILES string of the molecule is CCOCC1CN(C(=O)NCCc2ncc(C)cn2)CCO1. The van der Waals surface area contributed by atoms with Gasteiger partial charge in [-0.15, -0.1) is 0 Å². The number of hydrogen-bond acceptors (Lipinski definition) is 5. The van der Waals surface area contributed by atoms with E-state index in [4.69, 9.17) is 9.47 Å². The highest BCUT2D eigenvalue weighted by Gasteiger charge is 2.23. The van der Waals surface area contributed by atoms with Crippen LogP contribution in [-0.4, -0.2) is 66.5 Å². The van der Waals surface area contributed by atoms with Gasteiger partial charge in [-0.05, 0) is 19.4 Å². The van der Waals surface area contributed by atoms with Gasteiger partial charge >= 0.3 is 6.03 Å². The zero-order valence-electron chi connectivity index (χ0n) is 13.2. The van der Waals surface area contributed by atoms with Crippen LogP contribution in [0.15, 0.2) is 12.4 Å². The number of carbonyl (C=O) groups excluding carboxylic acids is 1. The van der Waals surface area contributed by atoms with E-state index in [1.54, 1.807) is 17.3 Å². The number of ether oxygens (including phenoxy) is 2. The third-order valence-electron chi connectivity index (χ3n) is 3.39. The molecule has 7 heteroatoms. The lowest BCUT2D eigenvalue weighted by atomic mass is 10.3. The smallest absolute Gasteiger partial charge is 0.317 e. The van der Waals surface area contributed by atoms with Crippen LogP contribution < -0.4 is 5.32 Å². The molecule has 0 saturated carbocycles. The van der Waals surface area contributed by atoms with Gasteiger partial charge in [-0.1, -0.05) is 0 Å². The highest BCUT2D eigenvalue weighted by atomic mass is 16.5. The fourth-order valence-corrected chi connectivity index (χ4v) is 2.20. The first kappa shape index (κ1) is 16.6. The number of rotatable bonds is 6. The van der Waals surface area contributed by atoms with Gasteiger partial charge in [0.1, 0.15) is 5.82 Å². The first-order valence-electron chi connectivity index (χ1n) is 7.68. The number of hydrogen-bond donors (Lipinski definition) is 1. The van der Waals surface area contributed by atoms with Gasteiger partial charge in [0.05, 0.1) is 25.9 Å². The van der Waals surface area contributed by atoms with E-state index in [0.29, 0.717) is 45.9 Å². The summed E-state index contributed by atoms with van der Waals surface area (Å²) in [4.78, 5) is 22.3. The summed E-state index contributed by atoms with van der Waals surface area (Å²) in [5.74, 6) is 0.738. The number of morpholine rings is 1. The summed E-state index contributed by atoms with van der Waals surface area (Å²) in [7, 11) is 0. The monoisotopic (exact) mass is 308 g/mol. The van der Waals surface area contributed by atoms with Crippen LogP contribution in [0.1, 0.15) is 18.3 Å². The van der Waals surface area contributed by atoms with Crippen molar-refractivity contribution in [1.29, 1.82) is 0 Å². The Hall–Kier alpha value is -1.73. The molecule has 1 aliphatic rings. The Balaban J connectivity index is 1.71. The van der Waals surface area contributed by atoms with Crippen molar-refractivity contribution in [2.24, 2.45) is 0 Å². The van der Waals surface area contributed by atoms with Crippen LogP contribution in [0.3, 0.4) is 0 Å². The second-order valence-electron chi connectivity index (χ2n) is 5.26. The van der Waals surface area contributed by atoms with Crippen molar-refractivity contribution in [2.75, 3.05) is 39.5 Å². The van der Waals surface area contributed by atoms with E-state index in [1.165, 1.54) is 0 Å². The summed E-state index contributed by atoms with van der Waals surface area (Å²) < 4.78 is 10.9. The number of urea groups is 1. The topological polar surface area (TPSA) is 76.6 Å². The first-order chi connectivity index (χ1) is 10.7. The maximum atomic E-state index is 12.1. The first-order valence-corrected chi connectivity index (χ1v) is 7.68. The minimum absolute atomic E-state index is 0.0418. The number of nitrogens with one attached hydrogen (secondary N) is 1. The van der Waals surface area contributed by atoms with Crippen LogP contribution in [0.4, 0.5) is 4.79 Å². The molecule has 1 atom stereocenters. The van der Waals surface area contributed by atoms with Gasteiger partial charge in [-0.2, -0.15) is 0 Å². The van der Waals surface area contributed by atoms with E-state index in [1.807, 2.05) is 13.8 Å². The molecule has 1 N–H and O–H groups in total. The van der Waals surface area contributed by atoms with Gasteiger partial charge in [0.2, 0.25) is 0 Å². The Morgan fingerprint density at radius 2 is 2.27 bits per heavy atom. The molecule has 1 unspecified atom stereocenters. The molecule has 0 radical (unpaired) electrons. The van der Waals surface area contributed by atoms with Crippen molar-refractivity contribution >= 4 is 6.03 Å². The summed E-state index contributed by atoms with van der Waals surface area (Å²) in [6, 6.07) is -0.0723. The average Bonchev–Trinajstić information content (AvgIpc) is 2.55. The molecule has 2 rings (SSSR count). The van der Waals surface area contributed by atoms with Crippen LogP contribution in [0, 0.1) is 6.92 Å². The van der Waals surface area contributed by atoms with Crippen molar-refractivity contribution in [1.82, 2.24) is 20.2 Å². The van der Waals surface area contributed by atoms with Crippen molar-refractivity contribution in [3.05, 3.63) is 23.8 Å². The van der Waals surface area contributed by atoms with Crippen LogP contribution in [0.5, 0.6) is 0 Å². The van der Waals surface area contributed by atoms with Crippen molar-refractivity contribution in [2.45, 2.75) is 26.4 Å². The Labute approximate surface area is 131 Å². The maximum absolute atomic E-state index is 12.1. The molecule has 1 aromatic rings. The minimum atomic E-state index is -0.0723. The van der Waals surface area contributed by atoms with Crippen LogP contribution >= 0.6 is 0 Å². The van der Waals surface area contributed by atoms with E-state index in [9.17, 15) is 4.79 Å². The second kappa shape index (κ2) is 8.65. The standard InChI is InChI=1S/C15H24N4O3/c1-3-21-11-13-10-19(6-7-22-13)15(20)16-5-4-14-17-8-12(2)9-18-14/h8-9,13H,3-7,10-11H2,1-2H3,(H,16,20). The van der Waals surface area contributed by atoms with Gasteiger partial charge in [0, 0.05) is 38.5 Å². The van der Waals surface area contributed by atoms with E-state index in [2.05, 4.69) is 15.3 Å². The summed E-state index contributed by atoms with van der Waals surface area (Å²) in [6.45, 7) is 7.31. The molecular weight excluding hydrogens is 284 g/mol. The molecule has 2 heterocycles. The molecule has 7 nitrogen and oxygen atoms in total. The zero-order valence-corrected chi connectivity index (χ0v) is 13.2. The third-order valence-corrected chi connectivity index (χ3v) is 3.39. The fraction of sp³-hybridized carbons (Fsp3) is 0.667. The van der Waals surface area contributed by atoms with Crippen LogP contribution in [-0.2, 0) is 15.9 Å². The van der Waals surface area contributed by atoms with Gasteiger partial charge < -0.3 is 19.7 Å². The third kappa shape index (κ3) is 5.23. The maximum Gasteiger partial charge on any atom is 0.317 e. The minimum Gasteiger partial charge on any atom is -0.379 e. The number of aromatic nitrogens is 2. The molecule has 122 valence electrons. The van der Waals surface area contributed by atoms with Gasteiger partial charge in [0.15, 0.2) is 0 Å². The normalized spacial score (nSPS) is 18.3. The second-order valence-corrected chi connectivity index (χ2v) is 5.26. The highest BCUT2D eigenvalue weighted by Crippen LogP contribution is 2.06. The Kier molecular flexibility index (Phi) is 6.54. The number of nitrogens with zero attached hydrogens (tertiary/aromatic N) is 3. The number of aryl methyl sites for hydroxylation is 1. The van der Waals surface area contributed by atoms with Gasteiger partial charge in [0.25, 0.3) is 0 Å². The number of carbonyl (C=O) groups is 1. The van der Waals surface area contributed by atoms with Gasteiger partial charge in [-0.3, -0.25) is 0 Å². The van der Waals surface area contributed by atoms with E-state index < -0.39 is 0 Å². The fourth-order valence-electron chi connectivity index (χ4n) is 2.20. The lowest BCUT2D eigenvalue weighted by molar-refractivity contribution is -0.0566. The average molecular weight is 308 g/mol. The quantitative estimate of drug-likeness (QED) is 0.840. The van der Waals surface area contributed by atoms with E-state index in [-0.39, 0.29) is 12.1 Å². The highest BCUT2D eigenvalue weighted by molar-refractivity contribution is 5.74. The Morgan fingerprint density at radius 1 is 1.50 bits per heavy atom. The summed E-state index contributed by atoms with van der Waals surface area (Å²) in [5.41, 5.74) is 1.03. The van der Waals surface area contributed by atoms with E-state index >= 15 is 0 Å². The molecule has 2 amide bonds. The largest absolute Gasteiger partial charge is 0.379 e. The summed E-state index contributed by atoms with van der Waals surface area (Å²) in [6.07, 6.45) is 4.15. The van der Waals surface area contributed by atoms with Crippen molar-refractivity contribution in [3.63, 3.8) is 0 Å². The summed E-state index contributed by atoms with van der Waals surface area (Å²) >= 11 is 0. The van der Waals surface area contributed by atoms with E-state index in [0.717, 1.165) is 11.4 Å². The van der Waals surface area contributed by atoms with Crippen molar-refractivity contribution < 1.29 is 14.3 Å². The summed E-state index contributed by atoms with van der Waals surface area (Å²) in [5, 5.41) is 2.90. The molecule has 1 aromatic heterocycles. The lowest BCUT2D eigenvalue weighted by Crippen LogP contribution is -2.51. The Morgan fingerprint density at radius 3 is 3.00 bits per heavy atom. The molecule has 0 spiro atoms. The molecule has 1 saturated heterocycles. The molecule has 0 bridgehead atoms. The number of amides is 2. The van der Waals surface area contributed by atoms with Crippen LogP contribution in [0.2, 0.25) is 0 Å². The van der Waals surface area contributed by atoms with Crippen LogP contribution in [0.25, 0.3) is 0 Å². The molecule has 0 aliphatic carbocycles. The zero-order chi connectivity index (χ0) is 15.8. The van der Waals surface area contributed by atoms with Crippen molar-refractivity contribution in [3.8, 4) is 0 Å². The van der Waals surface area contributed by atoms with Gasteiger partial charge in [-0.25, -0.2) is 14.8 Å². The Bertz CT molecular complexity index is 466. The molecule has 1 fully saturated rings. The predicted octanol–water partition coefficient (Wildman–Crippen LogP) is 0.774. The molecule has 0 aromatic carbocycles. The molecule has 22 heavy (non-hydrogen) atoms. The lowest BCUT2D eigenvalue weighted by Gasteiger charge is -2.32. The predicted molar refractivity (Wildman–Crippen MR) is 81.7 cm³/mol. The molecule has 1 aliphatic heterocycles.